The Labute approximate surface area is 151 Å². The number of ether oxygens (including phenoxy) is 1. The molecule has 1 atom stereocenters. The minimum absolute atomic E-state index is 0.0711. The number of aryl methyl sites for hydroxylation is 1. The molecule has 6 heteroatoms. The molecule has 1 N–H and O–H groups in total. The second-order valence-electron chi connectivity index (χ2n) is 7.57. The van der Waals surface area contributed by atoms with Gasteiger partial charge in [0.15, 0.2) is 5.96 Å². The zero-order chi connectivity index (χ0) is 17.6. The molecule has 2 aliphatic rings. The van der Waals surface area contributed by atoms with Gasteiger partial charge in [-0.05, 0) is 31.6 Å². The Hall–Kier alpha value is -1.56. The van der Waals surface area contributed by atoms with E-state index in [9.17, 15) is 0 Å². The van der Waals surface area contributed by atoms with Crippen molar-refractivity contribution < 1.29 is 4.74 Å². The molecule has 6 nitrogen and oxygen atoms in total. The molecule has 3 rings (SSSR count). The van der Waals surface area contributed by atoms with E-state index in [-0.39, 0.29) is 6.10 Å². The maximum Gasteiger partial charge on any atom is 0.194 e. The van der Waals surface area contributed by atoms with E-state index in [1.54, 1.807) is 0 Å². The lowest BCUT2D eigenvalue weighted by Gasteiger charge is -2.35. The van der Waals surface area contributed by atoms with Gasteiger partial charge in [0.1, 0.15) is 6.10 Å². The Morgan fingerprint density at radius 2 is 2.16 bits per heavy atom. The summed E-state index contributed by atoms with van der Waals surface area (Å²) in [5, 5.41) is 7.75. The molecule has 1 aliphatic carbocycles. The highest BCUT2D eigenvalue weighted by atomic mass is 16.5. The minimum atomic E-state index is 0.0711. The molecule has 1 unspecified atom stereocenters. The van der Waals surface area contributed by atoms with Gasteiger partial charge in [0, 0.05) is 38.4 Å². The van der Waals surface area contributed by atoms with E-state index < -0.39 is 0 Å². The van der Waals surface area contributed by atoms with Gasteiger partial charge in [-0.15, -0.1) is 0 Å². The van der Waals surface area contributed by atoms with E-state index >= 15 is 0 Å². The lowest BCUT2D eigenvalue weighted by atomic mass is 9.83. The molecule has 0 spiro atoms. The number of morpholine rings is 1. The van der Waals surface area contributed by atoms with Crippen LogP contribution >= 0.6 is 0 Å². The molecule has 2 heterocycles. The number of aliphatic imine (C=N–C) groups is 1. The Bertz CT molecular complexity index is 562. The van der Waals surface area contributed by atoms with E-state index in [1.165, 1.54) is 25.7 Å². The zero-order valence-electron chi connectivity index (χ0n) is 15.9. The number of hydrogen-bond donors (Lipinski definition) is 1. The van der Waals surface area contributed by atoms with E-state index in [0.29, 0.717) is 0 Å². The first kappa shape index (κ1) is 18.2. The Morgan fingerprint density at radius 3 is 2.84 bits per heavy atom. The van der Waals surface area contributed by atoms with Crippen molar-refractivity contribution >= 4 is 5.96 Å². The van der Waals surface area contributed by atoms with Crippen molar-refractivity contribution in [3.8, 4) is 0 Å². The molecular formula is C19H33N5O. The van der Waals surface area contributed by atoms with Crippen LogP contribution in [0.2, 0.25) is 0 Å². The van der Waals surface area contributed by atoms with Gasteiger partial charge in [-0.1, -0.05) is 19.8 Å². The highest BCUT2D eigenvalue weighted by molar-refractivity contribution is 5.80. The van der Waals surface area contributed by atoms with E-state index in [2.05, 4.69) is 29.2 Å². The van der Waals surface area contributed by atoms with Crippen molar-refractivity contribution in [1.82, 2.24) is 20.0 Å². The number of hydrogen-bond acceptors (Lipinski definition) is 3. The van der Waals surface area contributed by atoms with Crippen LogP contribution in [0.15, 0.2) is 17.4 Å². The average Bonchev–Trinajstić information content (AvgIpc) is 3.07. The van der Waals surface area contributed by atoms with Crippen molar-refractivity contribution in [2.24, 2.45) is 23.9 Å². The van der Waals surface area contributed by atoms with Crippen LogP contribution in [0.1, 0.15) is 51.2 Å². The van der Waals surface area contributed by atoms with Crippen LogP contribution in [0.3, 0.4) is 0 Å². The van der Waals surface area contributed by atoms with Gasteiger partial charge < -0.3 is 15.0 Å². The summed E-state index contributed by atoms with van der Waals surface area (Å²) >= 11 is 0. The molecular weight excluding hydrogens is 314 g/mol. The molecule has 1 saturated carbocycles. The van der Waals surface area contributed by atoms with Crippen LogP contribution in [0, 0.1) is 11.8 Å². The monoisotopic (exact) mass is 347 g/mol. The number of aromatic nitrogens is 2. The third kappa shape index (κ3) is 4.97. The predicted molar refractivity (Wildman–Crippen MR) is 101 cm³/mol. The van der Waals surface area contributed by atoms with E-state index in [4.69, 9.17) is 9.73 Å². The summed E-state index contributed by atoms with van der Waals surface area (Å²) in [7, 11) is 1.95. The lowest BCUT2D eigenvalue weighted by Crippen LogP contribution is -2.48. The number of nitrogens with zero attached hydrogens (tertiary/aromatic N) is 4. The van der Waals surface area contributed by atoms with Crippen molar-refractivity contribution in [2.45, 2.75) is 45.6 Å². The molecule has 0 bridgehead atoms. The van der Waals surface area contributed by atoms with Gasteiger partial charge >= 0.3 is 0 Å². The number of guanidine groups is 1. The van der Waals surface area contributed by atoms with Gasteiger partial charge in [-0.3, -0.25) is 9.67 Å². The Balaban J connectivity index is 1.61. The molecule has 25 heavy (non-hydrogen) atoms. The topological polar surface area (TPSA) is 54.7 Å². The molecule has 0 amide bonds. The molecule has 1 aliphatic heterocycles. The third-order valence-corrected chi connectivity index (χ3v) is 5.43. The molecule has 2 fully saturated rings. The minimum Gasteiger partial charge on any atom is -0.370 e. The SMILES string of the molecule is CCNC(=NCC1CCC(C)CC1)N1CCOC(c2cnn(C)c2)C1. The van der Waals surface area contributed by atoms with Gasteiger partial charge in [0.25, 0.3) is 0 Å². The number of nitrogens with one attached hydrogen (secondary N) is 1. The predicted octanol–water partition coefficient (Wildman–Crippen LogP) is 2.59. The molecule has 0 radical (unpaired) electrons. The maximum atomic E-state index is 5.96. The normalized spacial score (nSPS) is 28.2. The van der Waals surface area contributed by atoms with Crippen LogP contribution < -0.4 is 5.32 Å². The van der Waals surface area contributed by atoms with Crippen molar-refractivity contribution in [3.63, 3.8) is 0 Å². The largest absolute Gasteiger partial charge is 0.370 e. The summed E-state index contributed by atoms with van der Waals surface area (Å²) < 4.78 is 7.80. The fourth-order valence-corrected chi connectivity index (χ4v) is 3.80. The standard InChI is InChI=1S/C19H33N5O/c1-4-20-19(21-11-16-7-5-15(2)6-8-16)24-9-10-25-18(14-24)17-12-22-23(3)13-17/h12-13,15-16,18H,4-11,14H2,1-3H3,(H,20,21). The van der Waals surface area contributed by atoms with Gasteiger partial charge in [0.05, 0.1) is 19.3 Å². The van der Waals surface area contributed by atoms with Crippen LogP contribution in [-0.4, -0.2) is 53.4 Å². The summed E-state index contributed by atoms with van der Waals surface area (Å²) in [5.74, 6) is 2.69. The van der Waals surface area contributed by atoms with Gasteiger partial charge in [-0.2, -0.15) is 5.10 Å². The van der Waals surface area contributed by atoms with Gasteiger partial charge in [0.2, 0.25) is 0 Å². The van der Waals surface area contributed by atoms with E-state index in [0.717, 1.165) is 56.1 Å². The first-order valence-corrected chi connectivity index (χ1v) is 9.79. The fourth-order valence-electron chi connectivity index (χ4n) is 3.80. The molecule has 1 aromatic heterocycles. The van der Waals surface area contributed by atoms with Crippen molar-refractivity contribution in [1.29, 1.82) is 0 Å². The second kappa shape index (κ2) is 8.70. The molecule has 0 aromatic carbocycles. The summed E-state index contributed by atoms with van der Waals surface area (Å²) in [4.78, 5) is 7.32. The molecule has 140 valence electrons. The summed E-state index contributed by atoms with van der Waals surface area (Å²) in [5.41, 5.74) is 1.14. The average molecular weight is 348 g/mol. The zero-order valence-corrected chi connectivity index (χ0v) is 15.9. The lowest BCUT2D eigenvalue weighted by molar-refractivity contribution is -0.00807. The maximum absolute atomic E-state index is 5.96. The molecule has 1 aromatic rings. The Kier molecular flexibility index (Phi) is 6.34. The first-order chi connectivity index (χ1) is 12.2. The van der Waals surface area contributed by atoms with E-state index in [1.807, 2.05) is 24.1 Å². The number of rotatable bonds is 4. The van der Waals surface area contributed by atoms with Crippen molar-refractivity contribution in [3.05, 3.63) is 18.0 Å². The quantitative estimate of drug-likeness (QED) is 0.672. The third-order valence-electron chi connectivity index (χ3n) is 5.43. The Morgan fingerprint density at radius 1 is 1.36 bits per heavy atom. The van der Waals surface area contributed by atoms with Crippen LogP contribution in [0.25, 0.3) is 0 Å². The fraction of sp³-hybridized carbons (Fsp3) is 0.789. The highest BCUT2D eigenvalue weighted by Crippen LogP contribution is 2.28. The van der Waals surface area contributed by atoms with Crippen molar-refractivity contribution in [2.75, 3.05) is 32.8 Å². The second-order valence-corrected chi connectivity index (χ2v) is 7.57. The highest BCUT2D eigenvalue weighted by Gasteiger charge is 2.25. The molecule has 1 saturated heterocycles. The smallest absolute Gasteiger partial charge is 0.194 e. The summed E-state index contributed by atoms with van der Waals surface area (Å²) in [6.45, 7) is 8.81. The van der Waals surface area contributed by atoms with Crippen LogP contribution in [0.5, 0.6) is 0 Å². The first-order valence-electron chi connectivity index (χ1n) is 9.79. The van der Waals surface area contributed by atoms with Crippen LogP contribution in [0.4, 0.5) is 0 Å². The summed E-state index contributed by atoms with van der Waals surface area (Å²) in [6, 6.07) is 0. The van der Waals surface area contributed by atoms with Gasteiger partial charge in [-0.25, -0.2) is 0 Å². The van der Waals surface area contributed by atoms with Crippen LogP contribution in [-0.2, 0) is 11.8 Å². The summed E-state index contributed by atoms with van der Waals surface area (Å²) in [6.07, 6.45) is 9.39.